The number of amides is 1. The second-order valence-corrected chi connectivity index (χ2v) is 7.09. The Morgan fingerprint density at radius 3 is 2.56 bits per heavy atom. The highest BCUT2D eigenvalue weighted by atomic mass is 16.5. The first kappa shape index (κ1) is 19.4. The summed E-state index contributed by atoms with van der Waals surface area (Å²) in [6.45, 7) is 6.23. The maximum atomic E-state index is 12.5. The summed E-state index contributed by atoms with van der Waals surface area (Å²) in [6.07, 6.45) is 4.16. The van der Waals surface area contributed by atoms with E-state index in [1.54, 1.807) is 0 Å². The van der Waals surface area contributed by atoms with E-state index in [2.05, 4.69) is 42.6 Å². The number of hydrogen-bond acceptors (Lipinski definition) is 3. The van der Waals surface area contributed by atoms with Gasteiger partial charge in [0.2, 0.25) is 0 Å². The van der Waals surface area contributed by atoms with E-state index < -0.39 is 0 Å². The molecular weight excluding hydrogens is 336 g/mol. The summed E-state index contributed by atoms with van der Waals surface area (Å²) in [6, 6.07) is 16.4. The standard InChI is InChI=1S/C23H30N2O2/c1-2-5-20-6-3-8-22(18-20)27-17-4-7-19-9-11-21(12-10-19)23(26)25-15-13-24-14-16-25/h3,6,8-12,18,24H,2,4-5,7,13-17H2,1H3. The number of rotatable bonds is 8. The molecule has 0 saturated carbocycles. The Bertz CT molecular complexity index is 721. The van der Waals surface area contributed by atoms with E-state index in [1.807, 2.05) is 23.1 Å². The quantitative estimate of drug-likeness (QED) is 0.725. The molecule has 1 heterocycles. The Labute approximate surface area is 162 Å². The molecule has 0 aromatic heterocycles. The van der Waals surface area contributed by atoms with Gasteiger partial charge in [0.25, 0.3) is 5.91 Å². The number of carbonyl (C=O) groups excluding carboxylic acids is 1. The van der Waals surface area contributed by atoms with Crippen LogP contribution in [0.15, 0.2) is 48.5 Å². The molecule has 144 valence electrons. The minimum Gasteiger partial charge on any atom is -0.494 e. The maximum absolute atomic E-state index is 12.5. The largest absolute Gasteiger partial charge is 0.494 e. The lowest BCUT2D eigenvalue weighted by Crippen LogP contribution is -2.46. The summed E-state index contributed by atoms with van der Waals surface area (Å²) in [4.78, 5) is 14.4. The third kappa shape index (κ3) is 5.83. The minimum absolute atomic E-state index is 0.137. The van der Waals surface area contributed by atoms with Crippen LogP contribution < -0.4 is 10.1 Å². The zero-order valence-corrected chi connectivity index (χ0v) is 16.2. The molecule has 0 atom stereocenters. The number of hydrogen-bond donors (Lipinski definition) is 1. The van der Waals surface area contributed by atoms with Crippen LogP contribution in [0.1, 0.15) is 41.3 Å². The molecule has 1 fully saturated rings. The number of piperazine rings is 1. The van der Waals surface area contributed by atoms with Gasteiger partial charge >= 0.3 is 0 Å². The van der Waals surface area contributed by atoms with Crippen molar-refractivity contribution < 1.29 is 9.53 Å². The fraction of sp³-hybridized carbons (Fsp3) is 0.435. The Morgan fingerprint density at radius 2 is 1.81 bits per heavy atom. The van der Waals surface area contributed by atoms with Gasteiger partial charge in [-0.05, 0) is 54.7 Å². The van der Waals surface area contributed by atoms with Gasteiger partial charge in [0.15, 0.2) is 0 Å². The van der Waals surface area contributed by atoms with Gasteiger partial charge in [0.05, 0.1) is 6.61 Å². The van der Waals surface area contributed by atoms with E-state index >= 15 is 0 Å². The summed E-state index contributed by atoms with van der Waals surface area (Å²) < 4.78 is 5.89. The number of carbonyl (C=O) groups is 1. The lowest BCUT2D eigenvalue weighted by molar-refractivity contribution is 0.0736. The van der Waals surface area contributed by atoms with Crippen molar-refractivity contribution in [1.82, 2.24) is 10.2 Å². The van der Waals surface area contributed by atoms with E-state index in [4.69, 9.17) is 4.74 Å². The van der Waals surface area contributed by atoms with Crippen LogP contribution in [0.2, 0.25) is 0 Å². The maximum Gasteiger partial charge on any atom is 0.253 e. The zero-order chi connectivity index (χ0) is 18.9. The van der Waals surface area contributed by atoms with Crippen LogP contribution in [0.3, 0.4) is 0 Å². The van der Waals surface area contributed by atoms with E-state index in [1.165, 1.54) is 11.1 Å². The van der Waals surface area contributed by atoms with E-state index in [0.29, 0.717) is 6.61 Å². The Morgan fingerprint density at radius 1 is 1.04 bits per heavy atom. The molecule has 2 aromatic rings. The number of nitrogens with zero attached hydrogens (tertiary/aromatic N) is 1. The van der Waals surface area contributed by atoms with Crippen LogP contribution >= 0.6 is 0 Å². The Balaban J connectivity index is 1.43. The molecule has 4 heteroatoms. The smallest absolute Gasteiger partial charge is 0.253 e. The van der Waals surface area contributed by atoms with E-state index in [0.717, 1.165) is 63.2 Å². The second-order valence-electron chi connectivity index (χ2n) is 7.09. The molecule has 0 bridgehead atoms. The monoisotopic (exact) mass is 366 g/mol. The molecule has 1 saturated heterocycles. The minimum atomic E-state index is 0.137. The van der Waals surface area contributed by atoms with Crippen molar-refractivity contribution in [2.75, 3.05) is 32.8 Å². The van der Waals surface area contributed by atoms with Crippen LogP contribution in [0, 0.1) is 0 Å². The molecule has 0 unspecified atom stereocenters. The van der Waals surface area contributed by atoms with Gasteiger partial charge < -0.3 is 15.0 Å². The first-order valence-corrected chi connectivity index (χ1v) is 10.1. The third-order valence-corrected chi connectivity index (χ3v) is 4.92. The fourth-order valence-electron chi connectivity index (χ4n) is 3.41. The van der Waals surface area contributed by atoms with Gasteiger partial charge in [-0.15, -0.1) is 0 Å². The average molecular weight is 367 g/mol. The molecule has 0 radical (unpaired) electrons. The number of aryl methyl sites for hydroxylation is 2. The van der Waals surface area contributed by atoms with Crippen molar-refractivity contribution in [3.63, 3.8) is 0 Å². The number of nitrogens with one attached hydrogen (secondary N) is 1. The Kier molecular flexibility index (Phi) is 7.28. The van der Waals surface area contributed by atoms with Crippen molar-refractivity contribution in [2.45, 2.75) is 32.6 Å². The normalized spacial score (nSPS) is 14.2. The van der Waals surface area contributed by atoms with Gasteiger partial charge in [0.1, 0.15) is 5.75 Å². The first-order valence-electron chi connectivity index (χ1n) is 10.1. The van der Waals surface area contributed by atoms with Crippen LogP contribution in [0.25, 0.3) is 0 Å². The molecule has 0 spiro atoms. The van der Waals surface area contributed by atoms with E-state index in [-0.39, 0.29) is 5.91 Å². The van der Waals surface area contributed by atoms with Crippen molar-refractivity contribution in [3.8, 4) is 5.75 Å². The summed E-state index contributed by atoms with van der Waals surface area (Å²) >= 11 is 0. The molecule has 27 heavy (non-hydrogen) atoms. The Hall–Kier alpha value is -2.33. The van der Waals surface area contributed by atoms with Crippen LogP contribution in [0.5, 0.6) is 5.75 Å². The summed E-state index contributed by atoms with van der Waals surface area (Å²) in [5.41, 5.74) is 3.36. The van der Waals surface area contributed by atoms with Gasteiger partial charge in [-0.1, -0.05) is 37.6 Å². The summed E-state index contributed by atoms with van der Waals surface area (Å²) in [7, 11) is 0. The van der Waals surface area contributed by atoms with Crippen molar-refractivity contribution >= 4 is 5.91 Å². The van der Waals surface area contributed by atoms with Crippen LogP contribution in [-0.2, 0) is 12.8 Å². The third-order valence-electron chi connectivity index (χ3n) is 4.92. The van der Waals surface area contributed by atoms with Gasteiger partial charge in [0, 0.05) is 31.7 Å². The first-order chi connectivity index (χ1) is 13.3. The topological polar surface area (TPSA) is 41.6 Å². The molecule has 3 rings (SSSR count). The molecule has 2 aromatic carbocycles. The molecule has 1 aliphatic rings. The van der Waals surface area contributed by atoms with Crippen molar-refractivity contribution in [1.29, 1.82) is 0 Å². The highest BCUT2D eigenvalue weighted by Gasteiger charge is 2.17. The van der Waals surface area contributed by atoms with Gasteiger partial charge in [-0.3, -0.25) is 4.79 Å². The number of ether oxygens (including phenoxy) is 1. The van der Waals surface area contributed by atoms with E-state index in [9.17, 15) is 4.79 Å². The highest BCUT2D eigenvalue weighted by molar-refractivity contribution is 5.94. The molecule has 0 aliphatic carbocycles. The average Bonchev–Trinajstić information content (AvgIpc) is 2.72. The predicted octanol–water partition coefficient (Wildman–Crippen LogP) is 3.70. The second kappa shape index (κ2) is 10.1. The lowest BCUT2D eigenvalue weighted by Gasteiger charge is -2.27. The number of benzene rings is 2. The highest BCUT2D eigenvalue weighted by Crippen LogP contribution is 2.15. The van der Waals surface area contributed by atoms with Crippen molar-refractivity contribution in [3.05, 3.63) is 65.2 Å². The summed E-state index contributed by atoms with van der Waals surface area (Å²) in [5, 5.41) is 3.27. The van der Waals surface area contributed by atoms with Gasteiger partial charge in [-0.2, -0.15) is 0 Å². The van der Waals surface area contributed by atoms with Crippen LogP contribution in [-0.4, -0.2) is 43.6 Å². The zero-order valence-electron chi connectivity index (χ0n) is 16.2. The molecular formula is C23H30N2O2. The van der Waals surface area contributed by atoms with Crippen molar-refractivity contribution in [2.24, 2.45) is 0 Å². The SMILES string of the molecule is CCCc1cccc(OCCCc2ccc(C(=O)N3CCNCC3)cc2)c1. The lowest BCUT2D eigenvalue weighted by atomic mass is 10.1. The fourth-order valence-corrected chi connectivity index (χ4v) is 3.41. The molecule has 1 amide bonds. The molecule has 1 N–H and O–H groups in total. The van der Waals surface area contributed by atoms with Crippen LogP contribution in [0.4, 0.5) is 0 Å². The summed E-state index contributed by atoms with van der Waals surface area (Å²) in [5.74, 6) is 1.09. The van der Waals surface area contributed by atoms with Gasteiger partial charge in [-0.25, -0.2) is 0 Å². The molecule has 4 nitrogen and oxygen atoms in total. The predicted molar refractivity (Wildman–Crippen MR) is 109 cm³/mol. The molecule has 1 aliphatic heterocycles.